The van der Waals surface area contributed by atoms with Crippen molar-refractivity contribution >= 4 is 23.4 Å². The minimum Gasteiger partial charge on any atom is -0.497 e. The molecule has 1 heterocycles. The molecular weight excluding hydrogens is 376 g/mol. The first-order valence-electron chi connectivity index (χ1n) is 9.33. The molecule has 1 aromatic carbocycles. The van der Waals surface area contributed by atoms with Gasteiger partial charge in [0, 0.05) is 18.7 Å². The third-order valence-electron chi connectivity index (χ3n) is 4.14. The first kappa shape index (κ1) is 22.1. The van der Waals surface area contributed by atoms with Gasteiger partial charge < -0.3 is 29.5 Å². The number of aryl methyl sites for hydroxylation is 1. The topological polar surface area (TPSA) is 106 Å². The second-order valence-electron chi connectivity index (χ2n) is 6.97. The van der Waals surface area contributed by atoms with Crippen LogP contribution in [-0.2, 0) is 4.79 Å². The molecule has 9 nitrogen and oxygen atoms in total. The molecule has 29 heavy (non-hydrogen) atoms. The molecule has 0 radical (unpaired) electrons. The van der Waals surface area contributed by atoms with Crippen LogP contribution in [0.3, 0.4) is 0 Å². The average molecular weight is 404 g/mol. The molecule has 0 saturated carbocycles. The lowest BCUT2D eigenvalue weighted by Crippen LogP contribution is -2.41. The molecule has 0 aliphatic heterocycles. The lowest BCUT2D eigenvalue weighted by Gasteiger charge is -2.24. The molecule has 0 aliphatic carbocycles. The number of carbonyl (C=O) groups is 2. The summed E-state index contributed by atoms with van der Waals surface area (Å²) in [4.78, 5) is 26.7. The zero-order chi connectivity index (χ0) is 21.4. The van der Waals surface area contributed by atoms with Gasteiger partial charge in [0.1, 0.15) is 23.8 Å². The number of methoxy groups -OCH3 is 2. The van der Waals surface area contributed by atoms with E-state index in [1.807, 2.05) is 0 Å². The molecule has 2 N–H and O–H groups in total. The van der Waals surface area contributed by atoms with Gasteiger partial charge in [0.15, 0.2) is 5.82 Å². The fourth-order valence-electron chi connectivity index (χ4n) is 2.54. The summed E-state index contributed by atoms with van der Waals surface area (Å²) in [5.74, 6) is 1.98. The van der Waals surface area contributed by atoms with Crippen LogP contribution in [0.15, 0.2) is 28.8 Å². The van der Waals surface area contributed by atoms with Gasteiger partial charge in [-0.3, -0.25) is 4.79 Å². The second kappa shape index (κ2) is 10.4. The van der Waals surface area contributed by atoms with Crippen molar-refractivity contribution in [1.29, 1.82) is 0 Å². The van der Waals surface area contributed by atoms with E-state index in [4.69, 9.17) is 14.0 Å². The van der Waals surface area contributed by atoms with Gasteiger partial charge in [-0.05, 0) is 31.4 Å². The third kappa shape index (κ3) is 6.70. The second-order valence-corrected chi connectivity index (χ2v) is 6.97. The van der Waals surface area contributed by atoms with Gasteiger partial charge >= 0.3 is 6.03 Å². The van der Waals surface area contributed by atoms with Crippen molar-refractivity contribution in [2.24, 2.45) is 5.92 Å². The molecule has 2 rings (SSSR count). The summed E-state index contributed by atoms with van der Waals surface area (Å²) in [7, 11) is 3.06. The van der Waals surface area contributed by atoms with Gasteiger partial charge in [-0.2, -0.15) is 0 Å². The van der Waals surface area contributed by atoms with Crippen molar-refractivity contribution in [1.82, 2.24) is 10.1 Å². The SMILES string of the molecule is COc1ccc(NC(=O)N(CCC(C)C)CC(=O)Nc2cc(C)on2)c(OC)c1. The normalized spacial score (nSPS) is 10.6. The lowest BCUT2D eigenvalue weighted by molar-refractivity contribution is -0.116. The Bertz CT molecular complexity index is 834. The molecule has 0 unspecified atom stereocenters. The number of hydrogen-bond acceptors (Lipinski definition) is 6. The minimum atomic E-state index is -0.402. The highest BCUT2D eigenvalue weighted by atomic mass is 16.5. The van der Waals surface area contributed by atoms with E-state index in [0.717, 1.165) is 6.42 Å². The van der Waals surface area contributed by atoms with Crippen LogP contribution in [0.2, 0.25) is 0 Å². The largest absolute Gasteiger partial charge is 0.497 e. The van der Waals surface area contributed by atoms with Crippen LogP contribution in [0, 0.1) is 12.8 Å². The van der Waals surface area contributed by atoms with Crippen molar-refractivity contribution in [2.45, 2.75) is 27.2 Å². The van der Waals surface area contributed by atoms with Crippen molar-refractivity contribution in [3.05, 3.63) is 30.0 Å². The Kier molecular flexibility index (Phi) is 7.88. The highest BCUT2D eigenvalue weighted by molar-refractivity contribution is 5.97. The van der Waals surface area contributed by atoms with Crippen LogP contribution in [0.5, 0.6) is 11.5 Å². The van der Waals surface area contributed by atoms with E-state index in [1.165, 1.54) is 12.0 Å². The quantitative estimate of drug-likeness (QED) is 0.662. The van der Waals surface area contributed by atoms with E-state index >= 15 is 0 Å². The van der Waals surface area contributed by atoms with Crippen molar-refractivity contribution < 1.29 is 23.6 Å². The number of nitrogens with one attached hydrogen (secondary N) is 2. The molecule has 2 aromatic rings. The van der Waals surface area contributed by atoms with E-state index in [2.05, 4.69) is 29.6 Å². The average Bonchev–Trinajstić information content (AvgIpc) is 3.09. The fraction of sp³-hybridized carbons (Fsp3) is 0.450. The molecular formula is C20H28N4O5. The smallest absolute Gasteiger partial charge is 0.322 e. The molecule has 0 atom stereocenters. The van der Waals surface area contributed by atoms with Crippen molar-refractivity contribution in [3.8, 4) is 11.5 Å². The molecule has 0 aliphatic rings. The van der Waals surface area contributed by atoms with Gasteiger partial charge in [0.25, 0.3) is 0 Å². The summed E-state index contributed by atoms with van der Waals surface area (Å²) in [5, 5.41) is 9.17. The highest BCUT2D eigenvalue weighted by Gasteiger charge is 2.20. The van der Waals surface area contributed by atoms with E-state index in [-0.39, 0.29) is 12.5 Å². The zero-order valence-corrected chi connectivity index (χ0v) is 17.4. The Morgan fingerprint density at radius 3 is 2.52 bits per heavy atom. The fourth-order valence-corrected chi connectivity index (χ4v) is 2.54. The van der Waals surface area contributed by atoms with Crippen LogP contribution in [0.1, 0.15) is 26.0 Å². The maximum Gasteiger partial charge on any atom is 0.322 e. The summed E-state index contributed by atoms with van der Waals surface area (Å²) < 4.78 is 15.4. The van der Waals surface area contributed by atoms with E-state index in [0.29, 0.717) is 41.2 Å². The number of anilines is 2. The predicted octanol–water partition coefficient (Wildman–Crippen LogP) is 3.52. The molecule has 0 fully saturated rings. The standard InChI is InChI=1S/C20H28N4O5/c1-13(2)8-9-24(12-19(25)22-18-10-14(3)29-23-18)20(26)21-16-7-6-15(27-4)11-17(16)28-5/h6-7,10-11,13H,8-9,12H2,1-5H3,(H,21,26)(H,22,23,25). The number of aromatic nitrogens is 1. The van der Waals surface area contributed by atoms with Crippen molar-refractivity contribution in [3.63, 3.8) is 0 Å². The maximum absolute atomic E-state index is 12.9. The third-order valence-corrected chi connectivity index (χ3v) is 4.14. The molecule has 3 amide bonds. The summed E-state index contributed by atoms with van der Waals surface area (Å²) in [6.07, 6.45) is 0.753. The first-order chi connectivity index (χ1) is 13.8. The Morgan fingerprint density at radius 2 is 1.93 bits per heavy atom. The molecule has 0 spiro atoms. The summed E-state index contributed by atoms with van der Waals surface area (Å²) in [5.41, 5.74) is 0.486. The molecule has 0 bridgehead atoms. The Hall–Kier alpha value is -3.23. The monoisotopic (exact) mass is 404 g/mol. The number of benzene rings is 1. The van der Waals surface area contributed by atoms with E-state index in [1.54, 1.807) is 38.3 Å². The van der Waals surface area contributed by atoms with Crippen LogP contribution < -0.4 is 20.1 Å². The van der Waals surface area contributed by atoms with Crippen LogP contribution in [0.25, 0.3) is 0 Å². The number of urea groups is 1. The maximum atomic E-state index is 12.9. The summed E-state index contributed by atoms with van der Waals surface area (Å²) in [6.45, 7) is 6.14. The predicted molar refractivity (Wildman–Crippen MR) is 109 cm³/mol. The summed E-state index contributed by atoms with van der Waals surface area (Å²) >= 11 is 0. The van der Waals surface area contributed by atoms with Gasteiger partial charge in [0.2, 0.25) is 5.91 Å². The highest BCUT2D eigenvalue weighted by Crippen LogP contribution is 2.29. The Labute approximate surface area is 170 Å². The number of hydrogen-bond donors (Lipinski definition) is 2. The first-order valence-corrected chi connectivity index (χ1v) is 9.33. The molecule has 1 aromatic heterocycles. The van der Waals surface area contributed by atoms with E-state index in [9.17, 15) is 9.59 Å². The van der Waals surface area contributed by atoms with Gasteiger partial charge in [-0.15, -0.1) is 0 Å². The van der Waals surface area contributed by atoms with Gasteiger partial charge in [-0.25, -0.2) is 4.79 Å². The van der Waals surface area contributed by atoms with Gasteiger partial charge in [-0.1, -0.05) is 19.0 Å². The van der Waals surface area contributed by atoms with Crippen LogP contribution in [-0.4, -0.2) is 49.3 Å². The van der Waals surface area contributed by atoms with Crippen LogP contribution >= 0.6 is 0 Å². The van der Waals surface area contributed by atoms with Crippen LogP contribution in [0.4, 0.5) is 16.3 Å². The van der Waals surface area contributed by atoms with E-state index < -0.39 is 6.03 Å². The number of nitrogens with zero attached hydrogens (tertiary/aromatic N) is 2. The number of rotatable bonds is 9. The lowest BCUT2D eigenvalue weighted by atomic mass is 10.1. The Morgan fingerprint density at radius 1 is 1.17 bits per heavy atom. The minimum absolute atomic E-state index is 0.122. The molecule has 0 saturated heterocycles. The molecule has 158 valence electrons. The zero-order valence-electron chi connectivity index (χ0n) is 17.4. The number of amides is 3. The van der Waals surface area contributed by atoms with Gasteiger partial charge in [0.05, 0.1) is 19.9 Å². The molecule has 9 heteroatoms. The number of carbonyl (C=O) groups excluding carboxylic acids is 2. The Balaban J connectivity index is 2.09. The summed E-state index contributed by atoms with van der Waals surface area (Å²) in [6, 6.07) is 6.29. The number of ether oxygens (including phenoxy) is 2. The van der Waals surface area contributed by atoms with Crippen molar-refractivity contribution in [2.75, 3.05) is 37.9 Å².